The van der Waals surface area contributed by atoms with Crippen LogP contribution in [-0.4, -0.2) is 28.9 Å². The molecule has 0 saturated carbocycles. The van der Waals surface area contributed by atoms with Crippen LogP contribution in [0.5, 0.6) is 0 Å². The Morgan fingerprint density at radius 1 is 1.33 bits per heavy atom. The van der Waals surface area contributed by atoms with Crippen molar-refractivity contribution in [2.24, 2.45) is 11.5 Å². The Morgan fingerprint density at radius 3 is 2.33 bits per heavy atom. The highest BCUT2D eigenvalue weighted by molar-refractivity contribution is 5.93. The first-order valence-electron chi connectivity index (χ1n) is 4.62. The highest BCUT2D eigenvalue weighted by Crippen LogP contribution is 2.03. The number of carboxylic acid groups (broad SMARTS) is 1. The van der Waals surface area contributed by atoms with Gasteiger partial charge in [-0.25, -0.2) is 0 Å². The lowest BCUT2D eigenvalue weighted by atomic mass is 10.0. The van der Waals surface area contributed by atoms with E-state index in [1.54, 1.807) is 0 Å². The molecule has 0 heterocycles. The molecule has 5 nitrogen and oxygen atoms in total. The number of nitrogens with two attached hydrogens (primary N) is 2. The van der Waals surface area contributed by atoms with Crippen molar-refractivity contribution in [3.63, 3.8) is 0 Å². The summed E-state index contributed by atoms with van der Waals surface area (Å²) in [4.78, 5) is 21.5. The van der Waals surface area contributed by atoms with Crippen LogP contribution >= 0.6 is 0 Å². The van der Waals surface area contributed by atoms with E-state index in [1.807, 2.05) is 0 Å². The molecule has 0 aromatic heterocycles. The first-order chi connectivity index (χ1) is 6.99. The Labute approximate surface area is 88.4 Å². The molecule has 2 atom stereocenters. The zero-order valence-electron chi connectivity index (χ0n) is 8.48. The molecule has 0 aliphatic rings. The zero-order valence-corrected chi connectivity index (χ0v) is 8.48. The van der Waals surface area contributed by atoms with Crippen LogP contribution in [-0.2, 0) is 9.59 Å². The molecule has 0 amide bonds. The molecule has 0 radical (unpaired) electrons. The molecule has 84 valence electrons. The molecule has 0 fully saturated rings. The van der Waals surface area contributed by atoms with Gasteiger partial charge in [0.25, 0.3) is 0 Å². The van der Waals surface area contributed by atoms with Gasteiger partial charge in [-0.1, -0.05) is 6.58 Å². The number of hydrogen-bond donors (Lipinski definition) is 3. The third kappa shape index (κ3) is 5.80. The maximum atomic E-state index is 11.1. The maximum Gasteiger partial charge on any atom is 0.320 e. The monoisotopic (exact) mass is 212 g/mol. The van der Waals surface area contributed by atoms with Crippen molar-refractivity contribution in [1.82, 2.24) is 0 Å². The lowest BCUT2D eigenvalue weighted by Gasteiger charge is -2.09. The SMILES string of the molecule is C=C=CC(=O)C(N)CCC[C@H](N)C(=O)O. The van der Waals surface area contributed by atoms with Crippen molar-refractivity contribution in [2.75, 3.05) is 0 Å². The lowest BCUT2D eigenvalue weighted by Crippen LogP contribution is -2.32. The van der Waals surface area contributed by atoms with Gasteiger partial charge >= 0.3 is 5.97 Å². The number of aliphatic carboxylic acids is 1. The predicted molar refractivity (Wildman–Crippen MR) is 56.2 cm³/mol. The third-order valence-corrected chi connectivity index (χ3v) is 1.96. The fourth-order valence-corrected chi connectivity index (χ4v) is 1.03. The van der Waals surface area contributed by atoms with E-state index >= 15 is 0 Å². The second-order valence-electron chi connectivity index (χ2n) is 3.23. The van der Waals surface area contributed by atoms with Gasteiger partial charge in [-0.15, -0.1) is 5.73 Å². The molecule has 0 aromatic rings. The van der Waals surface area contributed by atoms with Crippen molar-refractivity contribution < 1.29 is 14.7 Å². The molecular formula is C10H16N2O3. The van der Waals surface area contributed by atoms with E-state index in [9.17, 15) is 9.59 Å². The molecule has 5 N–H and O–H groups in total. The van der Waals surface area contributed by atoms with Crippen LogP contribution in [0.15, 0.2) is 18.4 Å². The van der Waals surface area contributed by atoms with E-state index in [4.69, 9.17) is 16.6 Å². The van der Waals surface area contributed by atoms with Crippen LogP contribution in [0, 0.1) is 0 Å². The Morgan fingerprint density at radius 2 is 1.87 bits per heavy atom. The summed E-state index contributed by atoms with van der Waals surface area (Å²) in [5.41, 5.74) is 13.2. The second kappa shape index (κ2) is 6.95. The summed E-state index contributed by atoms with van der Waals surface area (Å²) in [7, 11) is 0. The Hall–Kier alpha value is -1.42. The van der Waals surface area contributed by atoms with Crippen molar-refractivity contribution >= 4 is 11.8 Å². The fourth-order valence-electron chi connectivity index (χ4n) is 1.03. The first-order valence-corrected chi connectivity index (χ1v) is 4.62. The van der Waals surface area contributed by atoms with Gasteiger partial charge in [-0.3, -0.25) is 9.59 Å². The van der Waals surface area contributed by atoms with E-state index < -0.39 is 18.1 Å². The summed E-state index contributed by atoms with van der Waals surface area (Å²) in [6.07, 6.45) is 2.42. The quantitative estimate of drug-likeness (QED) is 0.400. The van der Waals surface area contributed by atoms with E-state index in [0.717, 1.165) is 0 Å². The van der Waals surface area contributed by atoms with Crippen molar-refractivity contribution in [3.8, 4) is 0 Å². The summed E-state index contributed by atoms with van der Waals surface area (Å²) in [5.74, 6) is -1.30. The number of carbonyl (C=O) groups excluding carboxylic acids is 1. The number of carbonyl (C=O) groups is 2. The number of hydrogen-bond acceptors (Lipinski definition) is 4. The van der Waals surface area contributed by atoms with Gasteiger partial charge in [-0.2, -0.15) is 0 Å². The predicted octanol–water partition coefficient (Wildman–Crippen LogP) is -0.194. The first kappa shape index (κ1) is 13.6. The molecule has 0 saturated heterocycles. The van der Waals surface area contributed by atoms with Crippen LogP contribution in [0.1, 0.15) is 19.3 Å². The number of carboxylic acids is 1. The summed E-state index contributed by atoms with van der Waals surface area (Å²) >= 11 is 0. The van der Waals surface area contributed by atoms with Gasteiger partial charge in [0.2, 0.25) is 0 Å². The minimum atomic E-state index is -1.04. The van der Waals surface area contributed by atoms with E-state index in [1.165, 1.54) is 6.08 Å². The molecule has 1 unspecified atom stereocenters. The molecule has 0 rings (SSSR count). The minimum Gasteiger partial charge on any atom is -0.480 e. The highest BCUT2D eigenvalue weighted by Gasteiger charge is 2.14. The molecular weight excluding hydrogens is 196 g/mol. The summed E-state index contributed by atoms with van der Waals surface area (Å²) in [6.45, 7) is 3.26. The van der Waals surface area contributed by atoms with E-state index in [-0.39, 0.29) is 5.78 Å². The van der Waals surface area contributed by atoms with Gasteiger partial charge in [0, 0.05) is 6.08 Å². The fraction of sp³-hybridized carbons (Fsp3) is 0.500. The molecule has 0 aliphatic carbocycles. The minimum absolute atomic E-state index is 0.256. The molecule has 0 aliphatic heterocycles. The number of ketones is 1. The molecule has 0 aromatic carbocycles. The van der Waals surface area contributed by atoms with Gasteiger partial charge < -0.3 is 16.6 Å². The van der Waals surface area contributed by atoms with Crippen molar-refractivity contribution in [2.45, 2.75) is 31.3 Å². The normalized spacial score (nSPS) is 13.7. The van der Waals surface area contributed by atoms with Crippen LogP contribution in [0.4, 0.5) is 0 Å². The second-order valence-corrected chi connectivity index (χ2v) is 3.23. The highest BCUT2D eigenvalue weighted by atomic mass is 16.4. The van der Waals surface area contributed by atoms with Crippen LogP contribution in [0.2, 0.25) is 0 Å². The van der Waals surface area contributed by atoms with Crippen molar-refractivity contribution in [3.05, 3.63) is 18.4 Å². The van der Waals surface area contributed by atoms with E-state index in [2.05, 4.69) is 12.3 Å². The summed E-state index contributed by atoms with van der Waals surface area (Å²) < 4.78 is 0. The number of rotatable bonds is 7. The van der Waals surface area contributed by atoms with E-state index in [0.29, 0.717) is 19.3 Å². The molecule has 15 heavy (non-hydrogen) atoms. The third-order valence-electron chi connectivity index (χ3n) is 1.96. The molecule has 0 bridgehead atoms. The lowest BCUT2D eigenvalue weighted by molar-refractivity contribution is -0.138. The standard InChI is InChI=1S/C10H16N2O3/c1-2-4-9(13)7(11)5-3-6-8(12)10(14)15/h4,7-8H,1,3,5-6,11-12H2,(H,14,15)/t7?,8-/m0/s1. The van der Waals surface area contributed by atoms with Gasteiger partial charge in [-0.05, 0) is 19.3 Å². The Bertz CT molecular complexity index is 282. The summed E-state index contributed by atoms with van der Waals surface area (Å²) in [6, 6.07) is -1.51. The largest absolute Gasteiger partial charge is 0.480 e. The molecule has 0 spiro atoms. The molecule has 5 heteroatoms. The zero-order chi connectivity index (χ0) is 11.8. The van der Waals surface area contributed by atoms with Crippen LogP contribution in [0.25, 0.3) is 0 Å². The van der Waals surface area contributed by atoms with Crippen LogP contribution < -0.4 is 11.5 Å². The van der Waals surface area contributed by atoms with Gasteiger partial charge in [0.15, 0.2) is 5.78 Å². The van der Waals surface area contributed by atoms with Gasteiger partial charge in [0.1, 0.15) is 6.04 Å². The average Bonchev–Trinajstić information content (AvgIpc) is 2.17. The topological polar surface area (TPSA) is 106 Å². The average molecular weight is 212 g/mol. The van der Waals surface area contributed by atoms with Crippen LogP contribution in [0.3, 0.4) is 0 Å². The maximum absolute atomic E-state index is 11.1. The smallest absolute Gasteiger partial charge is 0.320 e. The Kier molecular flexibility index (Phi) is 6.29. The Balaban J connectivity index is 3.81. The van der Waals surface area contributed by atoms with Crippen molar-refractivity contribution in [1.29, 1.82) is 0 Å². The summed E-state index contributed by atoms with van der Waals surface area (Å²) in [5, 5.41) is 8.49. The van der Waals surface area contributed by atoms with Gasteiger partial charge in [0.05, 0.1) is 6.04 Å².